The number of ketones is 1. The zero-order chi connectivity index (χ0) is 43.1. The lowest BCUT2D eigenvalue weighted by Gasteiger charge is -2.48. The van der Waals surface area contributed by atoms with Crippen molar-refractivity contribution in [3.05, 3.63) is 46.3 Å². The molecule has 3 aliphatic heterocycles. The number of azide groups is 1. The molecule has 4 rings (SSSR count). The predicted molar refractivity (Wildman–Crippen MR) is 213 cm³/mol. The Kier molecular flexibility index (Phi) is 16.2. The lowest BCUT2D eigenvalue weighted by Crippen LogP contribution is -2.61. The maximum atomic E-state index is 14.7. The highest BCUT2D eigenvalue weighted by atomic mass is 16.7. The molecule has 1 aromatic carbocycles. The number of hydrogen-bond donors (Lipinski definition) is 1. The van der Waals surface area contributed by atoms with Crippen LogP contribution in [-0.4, -0.2) is 133 Å². The normalized spacial score (nSPS) is 37.6. The van der Waals surface area contributed by atoms with Crippen LogP contribution < -0.4 is 0 Å². The molecule has 0 saturated carbocycles. The number of likely N-dealkylation sites (N-methyl/N-ethyl adjacent to an activating group) is 1. The molecular weight excluding hydrogens is 750 g/mol. The number of fused-ring (bicyclic) bond motifs is 1. The molecule has 0 aromatic heterocycles. The first kappa shape index (κ1) is 46.9. The van der Waals surface area contributed by atoms with E-state index in [1.54, 1.807) is 78.8 Å². The summed E-state index contributed by atoms with van der Waals surface area (Å²) in [7, 11) is 5.28. The average molecular weight is 816 g/mol. The number of unbranched alkanes of at least 4 members (excludes halogenated alkanes) is 1. The van der Waals surface area contributed by atoms with E-state index >= 15 is 0 Å². The summed E-state index contributed by atoms with van der Waals surface area (Å²) in [6.45, 7) is 14.5. The first-order valence-electron chi connectivity index (χ1n) is 20.6. The van der Waals surface area contributed by atoms with Crippen molar-refractivity contribution in [1.82, 2.24) is 9.80 Å². The van der Waals surface area contributed by atoms with Crippen molar-refractivity contribution in [3.8, 4) is 0 Å². The van der Waals surface area contributed by atoms with Crippen LogP contribution in [0.4, 0.5) is 4.79 Å². The van der Waals surface area contributed by atoms with Gasteiger partial charge < -0.3 is 43.3 Å². The van der Waals surface area contributed by atoms with Gasteiger partial charge in [-0.2, -0.15) is 0 Å². The summed E-state index contributed by atoms with van der Waals surface area (Å²) in [5.41, 5.74) is 6.38. The Morgan fingerprint density at radius 3 is 2.34 bits per heavy atom. The van der Waals surface area contributed by atoms with Gasteiger partial charge in [-0.3, -0.25) is 9.59 Å². The zero-order valence-corrected chi connectivity index (χ0v) is 36.0. The number of aliphatic hydroxyl groups is 1. The van der Waals surface area contributed by atoms with E-state index in [-0.39, 0.29) is 43.9 Å². The van der Waals surface area contributed by atoms with E-state index in [1.807, 2.05) is 25.9 Å². The Morgan fingerprint density at radius 2 is 1.74 bits per heavy atom. The third-order valence-corrected chi connectivity index (χ3v) is 12.6. The maximum absolute atomic E-state index is 14.7. The van der Waals surface area contributed by atoms with Crippen molar-refractivity contribution in [3.63, 3.8) is 0 Å². The minimum atomic E-state index is -1.41. The largest absolute Gasteiger partial charge is 0.458 e. The maximum Gasteiger partial charge on any atom is 0.410 e. The summed E-state index contributed by atoms with van der Waals surface area (Å²) in [5, 5.41) is 15.7. The topological polar surface area (TPSA) is 199 Å². The zero-order valence-electron chi connectivity index (χ0n) is 36.0. The molecule has 1 N–H and O–H groups in total. The van der Waals surface area contributed by atoms with Crippen LogP contribution in [0.1, 0.15) is 97.9 Å². The summed E-state index contributed by atoms with van der Waals surface area (Å²) in [4.78, 5) is 62.2. The lowest BCUT2D eigenvalue weighted by molar-refractivity contribution is -0.300. The highest BCUT2D eigenvalue weighted by molar-refractivity contribution is 5.89. The van der Waals surface area contributed by atoms with Crippen molar-refractivity contribution < 1.29 is 52.7 Å². The van der Waals surface area contributed by atoms with Crippen LogP contribution in [0.3, 0.4) is 0 Å². The van der Waals surface area contributed by atoms with Gasteiger partial charge in [0.15, 0.2) is 18.0 Å². The molecule has 16 nitrogen and oxygen atoms in total. The highest BCUT2D eigenvalue weighted by Crippen LogP contribution is 2.43. The number of hydrogen-bond acceptors (Lipinski definition) is 13. The van der Waals surface area contributed by atoms with Crippen LogP contribution >= 0.6 is 0 Å². The molecule has 0 aliphatic carbocycles. The molecule has 324 valence electrons. The van der Waals surface area contributed by atoms with Crippen molar-refractivity contribution in [1.29, 1.82) is 0 Å². The van der Waals surface area contributed by atoms with Crippen molar-refractivity contribution in [2.24, 2.45) is 28.8 Å². The molecule has 0 bridgehead atoms. The predicted octanol–water partition coefficient (Wildman–Crippen LogP) is 5.94. The van der Waals surface area contributed by atoms with Gasteiger partial charge in [0.25, 0.3) is 0 Å². The standard InChI is InChI=1S/C42H65N5O11/c1-12-31-42(8)35(47(40(52)58-42)21-17-16-20-44-45-43)26(4)32(48)24(2)23-41(7,53-11)36(27(5)33(49)28(6)37(50)55-31)57-39-34(30(46(9)10)22-25(3)54-39)56-38(51)29-18-14-13-15-19-29/h13-15,18-19,24-28,30-31,33-36,39,49H,12,16-17,20-23H2,1-11H3/t24-,25-,26+,27+,28-,30+,31-,33?,34-,35-,36-,39+,41+,42-/m1/s1. The molecule has 3 saturated heterocycles. The number of methoxy groups -OCH3 is 1. The molecule has 1 amide bonds. The second kappa shape index (κ2) is 20.0. The summed E-state index contributed by atoms with van der Waals surface area (Å²) in [5.74, 6) is -4.82. The minimum absolute atomic E-state index is 0.114. The number of ether oxygens (including phenoxy) is 6. The van der Waals surface area contributed by atoms with Crippen LogP contribution in [0.25, 0.3) is 10.4 Å². The van der Waals surface area contributed by atoms with E-state index in [2.05, 4.69) is 10.0 Å². The van der Waals surface area contributed by atoms with Crippen LogP contribution in [0.15, 0.2) is 35.4 Å². The second-order valence-electron chi connectivity index (χ2n) is 17.0. The number of Topliss-reactive ketones (excluding diaryl/α,β-unsaturated/α-hetero) is 1. The van der Waals surface area contributed by atoms with Gasteiger partial charge in [0.2, 0.25) is 0 Å². The minimum Gasteiger partial charge on any atom is -0.458 e. The van der Waals surface area contributed by atoms with Gasteiger partial charge in [0.1, 0.15) is 11.9 Å². The molecule has 0 spiro atoms. The fourth-order valence-corrected chi connectivity index (χ4v) is 9.25. The molecule has 3 aliphatic rings. The van der Waals surface area contributed by atoms with E-state index in [4.69, 9.17) is 34.0 Å². The Bertz CT molecular complexity index is 1630. The monoisotopic (exact) mass is 815 g/mol. The quantitative estimate of drug-likeness (QED) is 0.0652. The molecule has 3 heterocycles. The fraction of sp³-hybridized carbons (Fsp3) is 0.762. The Hall–Kier alpha value is -3.79. The molecule has 0 radical (unpaired) electrons. The lowest BCUT2D eigenvalue weighted by atomic mass is 9.73. The number of amides is 1. The Labute approximate surface area is 342 Å². The van der Waals surface area contributed by atoms with E-state index < -0.39 is 89.7 Å². The van der Waals surface area contributed by atoms with E-state index in [1.165, 1.54) is 12.0 Å². The number of carbonyl (C=O) groups excluding carboxylic acids is 4. The van der Waals surface area contributed by atoms with E-state index in [0.29, 0.717) is 24.8 Å². The number of esters is 2. The van der Waals surface area contributed by atoms with Gasteiger partial charge in [0.05, 0.1) is 47.5 Å². The summed E-state index contributed by atoms with van der Waals surface area (Å²) in [6, 6.07) is 7.49. The molecule has 1 aromatic rings. The molecule has 16 heteroatoms. The van der Waals surface area contributed by atoms with Crippen molar-refractivity contribution in [2.45, 2.75) is 148 Å². The number of cyclic esters (lactones) is 1. The highest BCUT2D eigenvalue weighted by Gasteiger charge is 2.60. The second-order valence-corrected chi connectivity index (χ2v) is 17.0. The van der Waals surface area contributed by atoms with Crippen LogP contribution in [0.5, 0.6) is 0 Å². The number of aliphatic hydroxyl groups excluding tert-OH is 1. The Balaban J connectivity index is 1.78. The van der Waals surface area contributed by atoms with E-state index in [0.717, 1.165) is 0 Å². The SMILES string of the molecule is CC[C@H]1OC(=O)[C@H](C)C(O)[C@H](C)[C@@H](O[C@@H]2O[C@H](C)C[C@H](N(C)C)[C@H]2OC(=O)c2ccccc2)[C@@](C)(OC)C[C@@H](C)C(=O)[C@H](C)[C@H]2N(CCCCN=[N+]=[N-])C(=O)O[C@]12C. The Morgan fingerprint density at radius 1 is 1.07 bits per heavy atom. The molecule has 3 fully saturated rings. The molecule has 14 atom stereocenters. The first-order chi connectivity index (χ1) is 27.3. The van der Waals surface area contributed by atoms with Gasteiger partial charge in [-0.05, 0) is 91.6 Å². The smallest absolute Gasteiger partial charge is 0.410 e. The summed E-state index contributed by atoms with van der Waals surface area (Å²) < 4.78 is 38.0. The van der Waals surface area contributed by atoms with Gasteiger partial charge in [-0.15, -0.1) is 0 Å². The average Bonchev–Trinajstić information content (AvgIpc) is 3.46. The first-order valence-corrected chi connectivity index (χ1v) is 20.6. The third-order valence-electron chi connectivity index (χ3n) is 12.6. The summed E-state index contributed by atoms with van der Waals surface area (Å²) >= 11 is 0. The van der Waals surface area contributed by atoms with E-state index in [9.17, 15) is 24.3 Å². The third kappa shape index (κ3) is 10.1. The van der Waals surface area contributed by atoms with Crippen LogP contribution in [-0.2, 0) is 38.0 Å². The molecular formula is C42H65N5O11. The molecule has 1 unspecified atom stereocenters. The summed E-state index contributed by atoms with van der Waals surface area (Å²) in [6.07, 6.45) is -4.45. The molecule has 58 heavy (non-hydrogen) atoms. The van der Waals surface area contributed by atoms with Crippen LogP contribution in [0, 0.1) is 23.7 Å². The van der Waals surface area contributed by atoms with Gasteiger partial charge in [-0.1, -0.05) is 51.0 Å². The fourth-order valence-electron chi connectivity index (χ4n) is 9.25. The number of nitrogens with zero attached hydrogens (tertiary/aromatic N) is 5. The number of carbonyl (C=O) groups is 4. The van der Waals surface area contributed by atoms with Crippen molar-refractivity contribution in [2.75, 3.05) is 34.3 Å². The number of benzene rings is 1. The van der Waals surface area contributed by atoms with Gasteiger partial charge >= 0.3 is 18.0 Å². The van der Waals surface area contributed by atoms with Crippen molar-refractivity contribution >= 4 is 23.8 Å². The van der Waals surface area contributed by atoms with Crippen LogP contribution in [0.2, 0.25) is 0 Å². The number of rotatable bonds is 12. The van der Waals surface area contributed by atoms with Gasteiger partial charge in [-0.25, -0.2) is 9.59 Å². The van der Waals surface area contributed by atoms with Gasteiger partial charge in [0, 0.05) is 42.9 Å².